The van der Waals surface area contributed by atoms with E-state index in [-0.39, 0.29) is 5.78 Å². The molecule has 0 fully saturated rings. The van der Waals surface area contributed by atoms with E-state index in [0.29, 0.717) is 6.42 Å². The number of terminal acetylenes is 1. The quantitative estimate of drug-likeness (QED) is 0.762. The molecule has 22 heavy (non-hydrogen) atoms. The van der Waals surface area contributed by atoms with Crippen molar-refractivity contribution in [2.24, 2.45) is 0 Å². The highest BCUT2D eigenvalue weighted by Gasteiger charge is 2.19. The van der Waals surface area contributed by atoms with Crippen molar-refractivity contribution in [1.82, 2.24) is 0 Å². The molecule has 0 aliphatic carbocycles. The molecule has 1 aromatic carbocycles. The highest BCUT2D eigenvalue weighted by Crippen LogP contribution is 2.29. The highest BCUT2D eigenvalue weighted by atomic mass is 16.1. The summed E-state index contributed by atoms with van der Waals surface area (Å²) in [4.78, 5) is 14.8. The van der Waals surface area contributed by atoms with Crippen LogP contribution in [0, 0.1) is 12.8 Å². The minimum absolute atomic E-state index is 0.227. The van der Waals surface area contributed by atoms with Crippen LogP contribution in [-0.4, -0.2) is 19.4 Å². The third-order valence-corrected chi connectivity index (χ3v) is 3.88. The smallest absolute Gasteiger partial charge is 0.168 e. The predicted octanol–water partition coefficient (Wildman–Crippen LogP) is 4.20. The van der Waals surface area contributed by atoms with Gasteiger partial charge in [-0.05, 0) is 30.0 Å². The second-order valence-electron chi connectivity index (χ2n) is 5.17. The van der Waals surface area contributed by atoms with Crippen LogP contribution in [0.1, 0.15) is 41.8 Å². The summed E-state index contributed by atoms with van der Waals surface area (Å²) in [5.41, 5.74) is 4.50. The van der Waals surface area contributed by atoms with Crippen molar-refractivity contribution >= 4 is 11.5 Å². The number of aryl methyl sites for hydroxylation is 1. The van der Waals surface area contributed by atoms with Crippen LogP contribution >= 0.6 is 0 Å². The normalized spacial score (nSPS) is 17.0. The van der Waals surface area contributed by atoms with Gasteiger partial charge >= 0.3 is 0 Å². The predicted molar refractivity (Wildman–Crippen MR) is 95.6 cm³/mol. The average Bonchev–Trinajstić information content (AvgIpc) is 2.57. The number of Topliss-reactive ketones (excluding diaryl/α,β-unsaturated/α-hetero) is 1. The van der Waals surface area contributed by atoms with E-state index >= 15 is 0 Å². The number of anilines is 1. The van der Waals surface area contributed by atoms with Gasteiger partial charge in [0.1, 0.15) is 0 Å². The molecule has 1 aliphatic heterocycles. The number of allylic oxidation sites excluding steroid dienone is 3. The largest absolute Gasteiger partial charge is 0.370 e. The fraction of sp³-hybridized carbons (Fsp3) is 0.350. The Bertz CT molecular complexity index is 593. The Balaban J connectivity index is 0.00000116. The molecule has 0 radical (unpaired) electrons. The number of benzene rings is 1. The maximum Gasteiger partial charge on any atom is 0.168 e. The Morgan fingerprint density at radius 3 is 2.41 bits per heavy atom. The van der Waals surface area contributed by atoms with Gasteiger partial charge in [0.25, 0.3) is 0 Å². The molecule has 0 N–H and O–H groups in total. The number of carbonyl (C=O) groups excluding carboxylic acids is 1. The topological polar surface area (TPSA) is 20.3 Å². The maximum absolute atomic E-state index is 12.6. The number of fused-ring (bicyclic) bond motifs is 1. The average molecular weight is 295 g/mol. The number of likely N-dealkylation sites (N-methyl/N-ethyl adjacent to an activating group) is 1. The van der Waals surface area contributed by atoms with Crippen LogP contribution in [-0.2, 0) is 12.8 Å². The molecule has 0 amide bonds. The first-order chi connectivity index (χ1) is 10.7. The molecule has 1 heterocycles. The molecular formula is C20H25NO. The van der Waals surface area contributed by atoms with Crippen LogP contribution in [0.4, 0.5) is 5.69 Å². The van der Waals surface area contributed by atoms with Gasteiger partial charge in [-0.25, -0.2) is 0 Å². The second-order valence-corrected chi connectivity index (χ2v) is 5.17. The maximum atomic E-state index is 12.6. The van der Waals surface area contributed by atoms with Crippen molar-refractivity contribution in [3.63, 3.8) is 0 Å². The molecule has 0 unspecified atom stereocenters. The van der Waals surface area contributed by atoms with Crippen LogP contribution in [0.15, 0.2) is 36.4 Å². The van der Waals surface area contributed by atoms with Crippen LogP contribution in [0.25, 0.3) is 0 Å². The van der Waals surface area contributed by atoms with E-state index in [1.165, 1.54) is 11.1 Å². The summed E-state index contributed by atoms with van der Waals surface area (Å²) < 4.78 is 0. The fourth-order valence-electron chi connectivity index (χ4n) is 2.79. The van der Waals surface area contributed by atoms with Gasteiger partial charge in [-0.2, -0.15) is 0 Å². The Hall–Kier alpha value is -2.27. The van der Waals surface area contributed by atoms with E-state index in [4.69, 9.17) is 0 Å². The van der Waals surface area contributed by atoms with Crippen molar-refractivity contribution in [3.05, 3.63) is 53.1 Å². The molecule has 1 aromatic rings. The molecule has 0 atom stereocenters. The molecule has 2 nitrogen and oxygen atoms in total. The third-order valence-electron chi connectivity index (χ3n) is 3.88. The van der Waals surface area contributed by atoms with E-state index in [0.717, 1.165) is 30.6 Å². The van der Waals surface area contributed by atoms with E-state index < -0.39 is 0 Å². The summed E-state index contributed by atoms with van der Waals surface area (Å²) in [6.45, 7) is 5.10. The third kappa shape index (κ3) is 3.89. The lowest BCUT2D eigenvalue weighted by atomic mass is 9.91. The first-order valence-corrected chi connectivity index (χ1v) is 7.73. The lowest BCUT2D eigenvalue weighted by Crippen LogP contribution is -2.21. The fourth-order valence-corrected chi connectivity index (χ4v) is 2.79. The number of ketones is 1. The Morgan fingerprint density at radius 2 is 1.77 bits per heavy atom. The van der Waals surface area contributed by atoms with Gasteiger partial charge in [0.2, 0.25) is 0 Å². The monoisotopic (exact) mass is 295 g/mol. The first-order valence-electron chi connectivity index (χ1n) is 7.73. The van der Waals surface area contributed by atoms with Gasteiger partial charge in [0, 0.05) is 31.3 Å². The molecule has 2 rings (SSSR count). The minimum atomic E-state index is 0.227. The molecule has 116 valence electrons. The Morgan fingerprint density at radius 1 is 1.09 bits per heavy atom. The summed E-state index contributed by atoms with van der Waals surface area (Å²) in [6, 6.07) is 4.27. The van der Waals surface area contributed by atoms with Crippen LogP contribution in [0.5, 0.6) is 0 Å². The van der Waals surface area contributed by atoms with Gasteiger partial charge in [-0.15, -0.1) is 12.8 Å². The molecule has 1 aliphatic rings. The second kappa shape index (κ2) is 8.89. The zero-order valence-electron chi connectivity index (χ0n) is 13.8. The number of hydrogen-bond acceptors (Lipinski definition) is 2. The molecular weight excluding hydrogens is 270 g/mol. The zero-order valence-corrected chi connectivity index (χ0v) is 13.8. The molecule has 0 bridgehead atoms. The van der Waals surface area contributed by atoms with E-state index in [2.05, 4.69) is 49.8 Å². The van der Waals surface area contributed by atoms with Crippen molar-refractivity contribution in [3.8, 4) is 12.8 Å². The van der Waals surface area contributed by atoms with Crippen LogP contribution in [0.3, 0.4) is 0 Å². The lowest BCUT2D eigenvalue weighted by molar-refractivity contribution is 0.0995. The minimum Gasteiger partial charge on any atom is -0.370 e. The number of rotatable bonds is 2. The van der Waals surface area contributed by atoms with Crippen molar-refractivity contribution in [1.29, 1.82) is 0 Å². The number of hydrogen-bond donors (Lipinski definition) is 0. The summed E-state index contributed by atoms with van der Waals surface area (Å²) in [5, 5.41) is 0. The van der Waals surface area contributed by atoms with Gasteiger partial charge < -0.3 is 4.90 Å². The molecule has 0 spiro atoms. The molecule has 0 aromatic heterocycles. The van der Waals surface area contributed by atoms with E-state index in [1.807, 2.05) is 25.3 Å². The van der Waals surface area contributed by atoms with Gasteiger partial charge in [-0.1, -0.05) is 44.2 Å². The van der Waals surface area contributed by atoms with Crippen molar-refractivity contribution in [2.75, 3.05) is 18.5 Å². The van der Waals surface area contributed by atoms with Crippen molar-refractivity contribution in [2.45, 2.75) is 33.1 Å². The van der Waals surface area contributed by atoms with Crippen LogP contribution < -0.4 is 4.90 Å². The number of nitrogens with zero attached hydrogens (tertiary/aromatic N) is 1. The van der Waals surface area contributed by atoms with E-state index in [9.17, 15) is 4.79 Å². The van der Waals surface area contributed by atoms with Gasteiger partial charge in [-0.3, -0.25) is 4.79 Å². The molecule has 0 saturated heterocycles. The summed E-state index contributed by atoms with van der Waals surface area (Å²) >= 11 is 0. The summed E-state index contributed by atoms with van der Waals surface area (Å²) in [5.74, 6) is 0.227. The summed E-state index contributed by atoms with van der Waals surface area (Å²) in [7, 11) is 2.05. The molecule has 2 heteroatoms. The van der Waals surface area contributed by atoms with Crippen LogP contribution in [0.2, 0.25) is 0 Å². The SMILES string of the molecule is C#C.CCc1ccc2c(c1CC)C(=O)C/C=C\C=C/CN2C. The first kappa shape index (κ1) is 17.8. The highest BCUT2D eigenvalue weighted by molar-refractivity contribution is 6.04. The molecule has 0 saturated carbocycles. The van der Waals surface area contributed by atoms with E-state index in [1.54, 1.807) is 0 Å². The zero-order chi connectivity index (χ0) is 16.5. The van der Waals surface area contributed by atoms with Gasteiger partial charge in [0.05, 0.1) is 0 Å². The summed E-state index contributed by atoms with van der Waals surface area (Å²) in [6.07, 6.45) is 18.4. The van der Waals surface area contributed by atoms with Crippen molar-refractivity contribution < 1.29 is 4.79 Å². The lowest BCUT2D eigenvalue weighted by Gasteiger charge is -2.24. The Labute approximate surface area is 134 Å². The Kier molecular flexibility index (Phi) is 7.19. The van der Waals surface area contributed by atoms with Gasteiger partial charge in [0.15, 0.2) is 5.78 Å². The number of carbonyl (C=O) groups is 1. The standard InChI is InChI=1S/C18H23NO.C2H2/c1-4-14-11-12-16-18(15(14)5-2)17(20)10-8-6-7-9-13-19(16)3;1-2/h6-9,11-12H,4-5,10,13H2,1-3H3;1-2H/b8-6-,9-7-;.